The first-order valence-corrected chi connectivity index (χ1v) is 11.3. The molecule has 0 bridgehead atoms. The number of hydrogen-bond donors (Lipinski definition) is 2. The van der Waals surface area contributed by atoms with Crippen LogP contribution in [-0.4, -0.2) is 21.4 Å². The standard InChI is InChI=1S/C23H23ClN2O4S/c1-14-6-5-7-20(16(14)3)26-31(28,29)22-12-17(9-8-15(22)2)23(27)25-18-10-11-21(30-4)19(24)13-18/h5-13,26H,1-4H3,(H,25,27). The normalized spacial score (nSPS) is 11.1. The summed E-state index contributed by atoms with van der Waals surface area (Å²) in [4.78, 5) is 12.8. The third-order valence-electron chi connectivity index (χ3n) is 5.00. The molecule has 0 fully saturated rings. The summed E-state index contributed by atoms with van der Waals surface area (Å²) in [6.45, 7) is 5.45. The van der Waals surface area contributed by atoms with E-state index >= 15 is 0 Å². The number of benzene rings is 3. The molecule has 0 aromatic heterocycles. The van der Waals surface area contributed by atoms with Crippen LogP contribution in [0.4, 0.5) is 11.4 Å². The van der Waals surface area contributed by atoms with E-state index in [0.29, 0.717) is 27.7 Å². The molecule has 2 N–H and O–H groups in total. The van der Waals surface area contributed by atoms with Crippen molar-refractivity contribution in [2.45, 2.75) is 25.7 Å². The van der Waals surface area contributed by atoms with Crippen molar-refractivity contribution in [1.29, 1.82) is 0 Å². The molecule has 0 radical (unpaired) electrons. The molecule has 31 heavy (non-hydrogen) atoms. The first-order valence-electron chi connectivity index (χ1n) is 9.47. The molecular formula is C23H23ClN2O4S. The van der Waals surface area contributed by atoms with Crippen molar-refractivity contribution in [3.63, 3.8) is 0 Å². The summed E-state index contributed by atoms with van der Waals surface area (Å²) in [5.74, 6) is 0.0327. The van der Waals surface area contributed by atoms with Gasteiger partial charge < -0.3 is 10.1 Å². The molecule has 1 amide bonds. The average Bonchev–Trinajstić information content (AvgIpc) is 2.71. The van der Waals surface area contributed by atoms with Crippen molar-refractivity contribution < 1.29 is 17.9 Å². The molecule has 0 heterocycles. The molecule has 0 saturated carbocycles. The summed E-state index contributed by atoms with van der Waals surface area (Å²) in [5.41, 5.74) is 3.52. The van der Waals surface area contributed by atoms with Crippen molar-refractivity contribution in [1.82, 2.24) is 0 Å². The Morgan fingerprint density at radius 3 is 2.39 bits per heavy atom. The number of amides is 1. The Bertz CT molecular complexity index is 1260. The van der Waals surface area contributed by atoms with Gasteiger partial charge in [-0.2, -0.15) is 0 Å². The lowest BCUT2D eigenvalue weighted by molar-refractivity contribution is 0.102. The van der Waals surface area contributed by atoms with Crippen LogP contribution >= 0.6 is 11.6 Å². The number of aryl methyl sites for hydroxylation is 2. The summed E-state index contributed by atoms with van der Waals surface area (Å²) in [6.07, 6.45) is 0. The van der Waals surface area contributed by atoms with Crippen LogP contribution in [0.15, 0.2) is 59.5 Å². The van der Waals surface area contributed by atoms with Crippen molar-refractivity contribution in [2.75, 3.05) is 17.1 Å². The van der Waals surface area contributed by atoms with Gasteiger partial charge in [-0.15, -0.1) is 0 Å². The summed E-state index contributed by atoms with van der Waals surface area (Å²) in [7, 11) is -2.40. The van der Waals surface area contributed by atoms with Gasteiger partial charge in [0.05, 0.1) is 22.7 Å². The van der Waals surface area contributed by atoms with E-state index < -0.39 is 15.9 Å². The second-order valence-corrected chi connectivity index (χ2v) is 9.19. The smallest absolute Gasteiger partial charge is 0.262 e. The summed E-state index contributed by atoms with van der Waals surface area (Å²) >= 11 is 6.10. The molecule has 0 unspecified atom stereocenters. The van der Waals surface area contributed by atoms with E-state index in [1.807, 2.05) is 19.9 Å². The third-order valence-corrected chi connectivity index (χ3v) is 6.80. The zero-order valence-corrected chi connectivity index (χ0v) is 19.2. The lowest BCUT2D eigenvalue weighted by Gasteiger charge is -2.15. The molecule has 6 nitrogen and oxygen atoms in total. The van der Waals surface area contributed by atoms with Crippen LogP contribution in [0.25, 0.3) is 0 Å². The van der Waals surface area contributed by atoms with Gasteiger partial charge in [0, 0.05) is 11.3 Å². The Morgan fingerprint density at radius 1 is 0.968 bits per heavy atom. The van der Waals surface area contributed by atoms with Crippen LogP contribution in [0.3, 0.4) is 0 Å². The number of ether oxygens (including phenoxy) is 1. The van der Waals surface area contributed by atoms with Crippen molar-refractivity contribution in [3.05, 3.63) is 81.9 Å². The monoisotopic (exact) mass is 458 g/mol. The number of methoxy groups -OCH3 is 1. The molecule has 8 heteroatoms. The quantitative estimate of drug-likeness (QED) is 0.523. The zero-order valence-electron chi connectivity index (χ0n) is 17.6. The maximum Gasteiger partial charge on any atom is 0.262 e. The molecule has 3 aromatic carbocycles. The van der Waals surface area contributed by atoms with Gasteiger partial charge in [-0.1, -0.05) is 29.8 Å². The van der Waals surface area contributed by atoms with Gasteiger partial charge in [-0.3, -0.25) is 9.52 Å². The van der Waals surface area contributed by atoms with E-state index in [4.69, 9.17) is 16.3 Å². The number of anilines is 2. The molecule has 0 saturated heterocycles. The first kappa shape index (κ1) is 22.7. The van der Waals surface area contributed by atoms with E-state index in [2.05, 4.69) is 10.0 Å². The van der Waals surface area contributed by atoms with Gasteiger partial charge >= 0.3 is 0 Å². The van der Waals surface area contributed by atoms with E-state index in [9.17, 15) is 13.2 Å². The molecule has 162 valence electrons. The minimum Gasteiger partial charge on any atom is -0.495 e. The van der Waals surface area contributed by atoms with E-state index in [-0.39, 0.29) is 10.5 Å². The van der Waals surface area contributed by atoms with Crippen LogP contribution in [0, 0.1) is 20.8 Å². The van der Waals surface area contributed by atoms with Crippen LogP contribution in [0.5, 0.6) is 5.75 Å². The van der Waals surface area contributed by atoms with Gasteiger partial charge in [-0.25, -0.2) is 8.42 Å². The number of hydrogen-bond acceptors (Lipinski definition) is 4. The van der Waals surface area contributed by atoms with Crippen LogP contribution in [0.1, 0.15) is 27.0 Å². The summed E-state index contributed by atoms with van der Waals surface area (Å²) in [6, 6.07) is 14.8. The van der Waals surface area contributed by atoms with Crippen molar-refractivity contribution in [3.8, 4) is 5.75 Å². The number of sulfonamides is 1. The Balaban J connectivity index is 1.89. The molecule has 0 aliphatic carbocycles. The fourth-order valence-electron chi connectivity index (χ4n) is 3.04. The molecule has 3 rings (SSSR count). The molecular weight excluding hydrogens is 436 g/mol. The number of carbonyl (C=O) groups excluding carboxylic acids is 1. The Labute approximate surface area is 187 Å². The molecule has 0 atom stereocenters. The number of rotatable bonds is 6. The minimum atomic E-state index is -3.90. The molecule has 0 spiro atoms. The third kappa shape index (κ3) is 5.00. The maximum atomic E-state index is 13.1. The highest BCUT2D eigenvalue weighted by Gasteiger charge is 2.20. The van der Waals surface area contributed by atoms with Gasteiger partial charge in [0.2, 0.25) is 0 Å². The van der Waals surface area contributed by atoms with Crippen LogP contribution in [0.2, 0.25) is 5.02 Å². The molecule has 0 aliphatic heterocycles. The SMILES string of the molecule is COc1ccc(NC(=O)c2ccc(C)c(S(=O)(=O)Nc3cccc(C)c3C)c2)cc1Cl. The number of halogens is 1. The predicted octanol–water partition coefficient (Wildman–Crippen LogP) is 5.33. The number of nitrogens with one attached hydrogen (secondary N) is 2. The lowest BCUT2D eigenvalue weighted by atomic mass is 10.1. The first-order chi connectivity index (χ1) is 14.6. The molecule has 3 aromatic rings. The van der Waals surface area contributed by atoms with Gasteiger partial charge in [0.1, 0.15) is 5.75 Å². The van der Waals surface area contributed by atoms with Crippen molar-refractivity contribution >= 4 is 38.9 Å². The Kier molecular flexibility index (Phi) is 6.57. The van der Waals surface area contributed by atoms with Crippen LogP contribution in [-0.2, 0) is 10.0 Å². The van der Waals surface area contributed by atoms with E-state index in [1.165, 1.54) is 13.2 Å². The maximum absolute atomic E-state index is 13.1. The van der Waals surface area contributed by atoms with E-state index in [0.717, 1.165) is 11.1 Å². The molecule has 0 aliphatic rings. The van der Waals surface area contributed by atoms with Gasteiger partial charge in [-0.05, 0) is 73.9 Å². The minimum absolute atomic E-state index is 0.0359. The fourth-order valence-corrected chi connectivity index (χ4v) is 4.69. The highest BCUT2D eigenvalue weighted by molar-refractivity contribution is 7.92. The highest BCUT2D eigenvalue weighted by Crippen LogP contribution is 2.28. The lowest BCUT2D eigenvalue weighted by Crippen LogP contribution is -2.17. The summed E-state index contributed by atoms with van der Waals surface area (Å²) < 4.78 is 33.9. The second-order valence-electron chi connectivity index (χ2n) is 7.14. The fraction of sp³-hybridized carbons (Fsp3) is 0.174. The van der Waals surface area contributed by atoms with E-state index in [1.54, 1.807) is 49.4 Å². The topological polar surface area (TPSA) is 84.5 Å². The highest BCUT2D eigenvalue weighted by atomic mass is 35.5. The van der Waals surface area contributed by atoms with Crippen LogP contribution < -0.4 is 14.8 Å². The van der Waals surface area contributed by atoms with Crippen molar-refractivity contribution in [2.24, 2.45) is 0 Å². The Hall–Kier alpha value is -3.03. The predicted molar refractivity (Wildman–Crippen MR) is 124 cm³/mol. The number of carbonyl (C=O) groups is 1. The Morgan fingerprint density at radius 2 is 1.71 bits per heavy atom. The summed E-state index contributed by atoms with van der Waals surface area (Å²) in [5, 5.41) is 3.07. The largest absolute Gasteiger partial charge is 0.495 e. The second kappa shape index (κ2) is 8.99. The average molecular weight is 459 g/mol. The van der Waals surface area contributed by atoms with Gasteiger partial charge in [0.25, 0.3) is 15.9 Å². The zero-order chi connectivity index (χ0) is 22.8. The van der Waals surface area contributed by atoms with Gasteiger partial charge in [0.15, 0.2) is 0 Å².